The van der Waals surface area contributed by atoms with Crippen molar-refractivity contribution in [2.45, 2.75) is 38.7 Å². The lowest BCUT2D eigenvalue weighted by atomic mass is 10.0. The smallest absolute Gasteiger partial charge is 0.342 e. The van der Waals surface area contributed by atoms with Gasteiger partial charge in [-0.2, -0.15) is 0 Å². The fourth-order valence-electron chi connectivity index (χ4n) is 2.15. The van der Waals surface area contributed by atoms with E-state index in [9.17, 15) is 19.8 Å². The zero-order chi connectivity index (χ0) is 17.4. The molecule has 0 spiro atoms. The monoisotopic (exact) mass is 318 g/mol. The highest BCUT2D eigenvalue weighted by atomic mass is 16.5. The molecule has 1 aromatic carbocycles. The molecule has 5 heteroatoms. The Morgan fingerprint density at radius 3 is 2.61 bits per heavy atom. The molecule has 0 fully saturated rings. The van der Waals surface area contributed by atoms with Gasteiger partial charge in [0.1, 0.15) is 17.1 Å². The van der Waals surface area contributed by atoms with Crippen LogP contribution in [0.5, 0.6) is 11.5 Å². The number of carbonyl (C=O) groups excluding carboxylic acids is 2. The summed E-state index contributed by atoms with van der Waals surface area (Å²) >= 11 is 0. The average molecular weight is 318 g/mol. The van der Waals surface area contributed by atoms with Gasteiger partial charge in [0.2, 0.25) is 0 Å². The van der Waals surface area contributed by atoms with Crippen molar-refractivity contribution in [2.24, 2.45) is 0 Å². The topological polar surface area (TPSA) is 83.8 Å². The first-order chi connectivity index (χ1) is 10.9. The quantitative estimate of drug-likeness (QED) is 0.316. The van der Waals surface area contributed by atoms with E-state index in [4.69, 9.17) is 4.74 Å². The van der Waals surface area contributed by atoms with Crippen molar-refractivity contribution in [3.8, 4) is 11.5 Å². The maximum atomic E-state index is 12.3. The summed E-state index contributed by atoms with van der Waals surface area (Å²) in [7, 11) is 0. The number of unbranched alkanes of at least 4 members (excludes halogenated alkanes) is 1. The van der Waals surface area contributed by atoms with Crippen LogP contribution in [0.4, 0.5) is 0 Å². The van der Waals surface area contributed by atoms with Crippen LogP contribution in [0.1, 0.15) is 42.1 Å². The second kappa shape index (κ2) is 8.78. The summed E-state index contributed by atoms with van der Waals surface area (Å²) in [5, 5.41) is 19.5. The van der Waals surface area contributed by atoms with Crippen LogP contribution >= 0.6 is 0 Å². The number of rotatable bonds is 9. The highest BCUT2D eigenvalue weighted by Crippen LogP contribution is 2.29. The van der Waals surface area contributed by atoms with Gasteiger partial charge in [-0.05, 0) is 43.9 Å². The van der Waals surface area contributed by atoms with Crippen LogP contribution in [0.25, 0.3) is 0 Å². The normalized spacial score (nSPS) is 11.5. The lowest BCUT2D eigenvalue weighted by molar-refractivity contribution is -0.114. The van der Waals surface area contributed by atoms with Crippen molar-refractivity contribution in [2.75, 3.05) is 0 Å². The van der Waals surface area contributed by atoms with Crippen molar-refractivity contribution in [3.63, 3.8) is 0 Å². The van der Waals surface area contributed by atoms with E-state index < -0.39 is 11.7 Å². The maximum absolute atomic E-state index is 12.3. The maximum Gasteiger partial charge on any atom is 0.342 e. The van der Waals surface area contributed by atoms with Crippen molar-refractivity contribution >= 4 is 11.8 Å². The predicted octanol–water partition coefficient (Wildman–Crippen LogP) is 3.30. The van der Waals surface area contributed by atoms with Gasteiger partial charge in [-0.1, -0.05) is 12.7 Å². The van der Waals surface area contributed by atoms with E-state index in [1.165, 1.54) is 6.07 Å². The molecule has 1 rings (SSSR count). The lowest BCUT2D eigenvalue weighted by Crippen LogP contribution is -2.17. The number of phenolic OH excluding ortho intramolecular Hbond substituents is 2. The standard InChI is InChI=1S/C18H22O5/c1-4-6-7-8-12(3)23-18(22)17-13(9-14(19)5-2)10-15(20)11-16(17)21/h4-5,10-12,20-21H,1-2,6-9H2,3H3/t12-/m0/s1. The molecule has 0 aliphatic carbocycles. The van der Waals surface area contributed by atoms with Crippen LogP contribution in [0.15, 0.2) is 37.4 Å². The summed E-state index contributed by atoms with van der Waals surface area (Å²) in [5.41, 5.74) is 0.101. The average Bonchev–Trinajstić information content (AvgIpc) is 2.46. The number of aromatic hydroxyl groups is 2. The van der Waals surface area contributed by atoms with E-state index in [1.54, 1.807) is 13.0 Å². The molecule has 0 radical (unpaired) electrons. The molecule has 2 N–H and O–H groups in total. The number of carbonyl (C=O) groups is 2. The molecule has 0 heterocycles. The largest absolute Gasteiger partial charge is 0.508 e. The SMILES string of the molecule is C=CCCC[C@H](C)OC(=O)c1c(O)cc(O)cc1CC(=O)C=C. The molecule has 23 heavy (non-hydrogen) atoms. The fourth-order valence-corrected chi connectivity index (χ4v) is 2.15. The van der Waals surface area contributed by atoms with Gasteiger partial charge in [-0.25, -0.2) is 4.79 Å². The number of esters is 1. The molecule has 1 atom stereocenters. The molecule has 0 bridgehead atoms. The zero-order valence-corrected chi connectivity index (χ0v) is 13.2. The summed E-state index contributed by atoms with van der Waals surface area (Å²) in [6.45, 7) is 8.75. The molecule has 124 valence electrons. The molecule has 5 nitrogen and oxygen atoms in total. The van der Waals surface area contributed by atoms with E-state index in [-0.39, 0.29) is 35.2 Å². The molecule has 0 saturated heterocycles. The minimum Gasteiger partial charge on any atom is -0.508 e. The number of benzene rings is 1. The lowest BCUT2D eigenvalue weighted by Gasteiger charge is -2.15. The van der Waals surface area contributed by atoms with Gasteiger partial charge < -0.3 is 14.9 Å². The third-order valence-corrected chi connectivity index (χ3v) is 3.31. The Morgan fingerprint density at radius 2 is 2.00 bits per heavy atom. The number of hydrogen-bond acceptors (Lipinski definition) is 5. The zero-order valence-electron chi connectivity index (χ0n) is 13.2. The first-order valence-corrected chi connectivity index (χ1v) is 7.41. The summed E-state index contributed by atoms with van der Waals surface area (Å²) in [6.07, 6.45) is 4.75. The summed E-state index contributed by atoms with van der Waals surface area (Å²) in [4.78, 5) is 23.8. The van der Waals surface area contributed by atoms with Crippen LogP contribution in [0, 0.1) is 0 Å². The van der Waals surface area contributed by atoms with E-state index >= 15 is 0 Å². The van der Waals surface area contributed by atoms with E-state index in [1.807, 2.05) is 0 Å². The van der Waals surface area contributed by atoms with Gasteiger partial charge in [0.25, 0.3) is 0 Å². The number of ketones is 1. The van der Waals surface area contributed by atoms with Crippen LogP contribution in [-0.4, -0.2) is 28.1 Å². The Hall–Kier alpha value is -2.56. The second-order valence-corrected chi connectivity index (χ2v) is 5.28. The summed E-state index contributed by atoms with van der Waals surface area (Å²) < 4.78 is 5.31. The van der Waals surface area contributed by atoms with Gasteiger partial charge in [-0.3, -0.25) is 4.79 Å². The van der Waals surface area contributed by atoms with Crippen LogP contribution in [0.2, 0.25) is 0 Å². The number of allylic oxidation sites excluding steroid dienone is 2. The van der Waals surface area contributed by atoms with Gasteiger partial charge in [-0.15, -0.1) is 6.58 Å². The van der Waals surface area contributed by atoms with E-state index in [0.717, 1.165) is 25.0 Å². The molecule has 1 aromatic rings. The minimum absolute atomic E-state index is 0.103. The Balaban J connectivity index is 2.95. The highest BCUT2D eigenvalue weighted by molar-refractivity contribution is 5.98. The molecule has 0 aliphatic heterocycles. The number of hydrogen-bond donors (Lipinski definition) is 2. The Labute approximate surface area is 135 Å². The molecule has 0 aliphatic rings. The highest BCUT2D eigenvalue weighted by Gasteiger charge is 2.22. The van der Waals surface area contributed by atoms with Gasteiger partial charge in [0.15, 0.2) is 5.78 Å². The third-order valence-electron chi connectivity index (χ3n) is 3.31. The Morgan fingerprint density at radius 1 is 1.30 bits per heavy atom. The number of phenols is 2. The first kappa shape index (κ1) is 18.5. The van der Waals surface area contributed by atoms with E-state index in [2.05, 4.69) is 13.2 Å². The fraction of sp³-hybridized carbons (Fsp3) is 0.333. The molecular weight excluding hydrogens is 296 g/mol. The first-order valence-electron chi connectivity index (χ1n) is 7.41. The van der Waals surface area contributed by atoms with Crippen LogP contribution in [-0.2, 0) is 16.0 Å². The van der Waals surface area contributed by atoms with Crippen molar-refractivity contribution < 1.29 is 24.5 Å². The number of ether oxygens (including phenoxy) is 1. The van der Waals surface area contributed by atoms with Gasteiger partial charge in [0, 0.05) is 12.5 Å². The van der Waals surface area contributed by atoms with Crippen LogP contribution in [0.3, 0.4) is 0 Å². The molecule has 0 saturated carbocycles. The molecule has 0 amide bonds. The predicted molar refractivity (Wildman–Crippen MR) is 87.6 cm³/mol. The van der Waals surface area contributed by atoms with Gasteiger partial charge in [0.05, 0.1) is 6.10 Å². The Bertz CT molecular complexity index is 604. The van der Waals surface area contributed by atoms with Crippen molar-refractivity contribution in [1.82, 2.24) is 0 Å². The van der Waals surface area contributed by atoms with Crippen molar-refractivity contribution in [1.29, 1.82) is 0 Å². The molecule has 0 unspecified atom stereocenters. The van der Waals surface area contributed by atoms with Gasteiger partial charge >= 0.3 is 5.97 Å². The van der Waals surface area contributed by atoms with E-state index in [0.29, 0.717) is 6.42 Å². The summed E-state index contributed by atoms with van der Waals surface area (Å²) in [6, 6.07) is 2.31. The third kappa shape index (κ3) is 5.62. The molecular formula is C18H22O5. The Kier molecular flexibility index (Phi) is 7.06. The van der Waals surface area contributed by atoms with Crippen LogP contribution < -0.4 is 0 Å². The molecule has 0 aromatic heterocycles. The minimum atomic E-state index is -0.722. The van der Waals surface area contributed by atoms with Crippen molar-refractivity contribution in [3.05, 3.63) is 48.6 Å². The second-order valence-electron chi connectivity index (χ2n) is 5.28. The summed E-state index contributed by atoms with van der Waals surface area (Å²) in [5.74, 6) is -1.70.